The summed E-state index contributed by atoms with van der Waals surface area (Å²) in [5.74, 6) is 2.36. The molecule has 0 aliphatic heterocycles. The number of benzene rings is 12. The lowest BCUT2D eigenvalue weighted by Crippen LogP contribution is -2.06. The molecule has 400 valence electrons. The van der Waals surface area contributed by atoms with Crippen molar-refractivity contribution in [2.75, 3.05) is 0 Å². The van der Waals surface area contributed by atoms with Crippen LogP contribution in [0.15, 0.2) is 279 Å². The summed E-state index contributed by atoms with van der Waals surface area (Å²) >= 11 is 1.81. The molecule has 0 aliphatic carbocycles. The summed E-state index contributed by atoms with van der Waals surface area (Å²) in [7, 11) is 0. The first kappa shape index (κ1) is 48.2. The highest BCUT2D eigenvalue weighted by molar-refractivity contribution is 7.26. The van der Waals surface area contributed by atoms with Crippen molar-refractivity contribution in [3.8, 4) is 73.9 Å². The topological polar surface area (TPSA) is 79.2 Å². The third-order valence-electron chi connectivity index (χ3n) is 17.1. The minimum absolute atomic E-state index is 0.564. The summed E-state index contributed by atoms with van der Waals surface area (Å²) in [5, 5.41) is 10.5. The SMILES string of the molecule is c1ccc(-c2nc(-c3cccc(-c4cccc(-c5nc(-n6c7ccccc7c7cc(-c8ccc9c(c8)c8ccccc8n9-c8ccccc8)ccc76)nc6ccccc56)c4)c3)nc(-n3c4ccccc4c4ccc5c6ccccc6sc5c43)n2)cc1. The lowest BCUT2D eigenvalue weighted by Gasteiger charge is -2.13. The van der Waals surface area contributed by atoms with Crippen LogP contribution in [-0.2, 0) is 0 Å². The molecule has 8 nitrogen and oxygen atoms in total. The molecule has 0 unspecified atom stereocenters. The molecule has 0 N–H and O–H groups in total. The second-order valence-corrected chi connectivity index (χ2v) is 23.0. The zero-order valence-electron chi connectivity index (χ0n) is 46.0. The maximum absolute atomic E-state index is 5.55. The smallest absolute Gasteiger partial charge is 0.238 e. The molecule has 18 aromatic rings. The molecule has 0 fully saturated rings. The first-order valence-corrected chi connectivity index (χ1v) is 29.7. The van der Waals surface area contributed by atoms with Crippen molar-refractivity contribution in [1.82, 2.24) is 38.6 Å². The van der Waals surface area contributed by atoms with Crippen LogP contribution in [-0.4, -0.2) is 38.6 Å². The fraction of sp³-hybridized carbons (Fsp3) is 0. The molecule has 0 amide bonds. The van der Waals surface area contributed by atoms with E-state index in [1.54, 1.807) is 0 Å². The van der Waals surface area contributed by atoms with E-state index in [4.69, 9.17) is 24.9 Å². The van der Waals surface area contributed by atoms with Crippen LogP contribution >= 0.6 is 11.3 Å². The molecule has 0 saturated carbocycles. The minimum atomic E-state index is 0.564. The number of rotatable bonds is 8. The Labute approximate surface area is 496 Å². The minimum Gasteiger partial charge on any atom is -0.309 e. The number of para-hydroxylation sites is 5. The quantitative estimate of drug-likeness (QED) is 0.151. The van der Waals surface area contributed by atoms with Gasteiger partial charge in [0.15, 0.2) is 11.6 Å². The largest absolute Gasteiger partial charge is 0.309 e. The van der Waals surface area contributed by atoms with Gasteiger partial charge in [0.05, 0.1) is 49.0 Å². The number of aromatic nitrogens is 8. The molecule has 0 radical (unpaired) electrons. The molecule has 0 bridgehead atoms. The molecule has 9 heteroatoms. The molecule has 18 rings (SSSR count). The Morgan fingerprint density at radius 3 is 1.44 bits per heavy atom. The summed E-state index contributed by atoms with van der Waals surface area (Å²) in [5.41, 5.74) is 16.6. The van der Waals surface area contributed by atoms with Gasteiger partial charge in [-0.15, -0.1) is 11.3 Å². The van der Waals surface area contributed by atoms with E-state index in [-0.39, 0.29) is 0 Å². The summed E-state index contributed by atoms with van der Waals surface area (Å²) < 4.78 is 9.29. The second kappa shape index (κ2) is 19.1. The van der Waals surface area contributed by atoms with Crippen molar-refractivity contribution >= 4 is 108 Å². The predicted octanol–water partition coefficient (Wildman–Crippen LogP) is 19.8. The monoisotopic (exact) mass is 1110 g/mol. The molecule has 0 atom stereocenters. The molecule has 0 saturated heterocycles. The van der Waals surface area contributed by atoms with Gasteiger partial charge in [0.25, 0.3) is 0 Å². The van der Waals surface area contributed by atoms with Gasteiger partial charge in [0.1, 0.15) is 0 Å². The molecule has 6 heterocycles. The summed E-state index contributed by atoms with van der Waals surface area (Å²) in [6.07, 6.45) is 0. The third kappa shape index (κ3) is 7.51. The Morgan fingerprint density at radius 2 is 0.733 bits per heavy atom. The molecule has 0 spiro atoms. The van der Waals surface area contributed by atoms with Gasteiger partial charge in [-0.2, -0.15) is 9.97 Å². The number of thiophene rings is 1. The zero-order valence-corrected chi connectivity index (χ0v) is 46.9. The van der Waals surface area contributed by atoms with Gasteiger partial charge in [-0.05, 0) is 101 Å². The maximum Gasteiger partial charge on any atom is 0.238 e. The van der Waals surface area contributed by atoms with Crippen LogP contribution in [0.3, 0.4) is 0 Å². The molecule has 86 heavy (non-hydrogen) atoms. The van der Waals surface area contributed by atoms with E-state index in [1.807, 2.05) is 29.5 Å². The average molecular weight is 1120 g/mol. The van der Waals surface area contributed by atoms with E-state index < -0.39 is 0 Å². The zero-order chi connectivity index (χ0) is 56.4. The lowest BCUT2D eigenvalue weighted by atomic mass is 9.98. The van der Waals surface area contributed by atoms with Crippen LogP contribution in [0.25, 0.3) is 170 Å². The van der Waals surface area contributed by atoms with Crippen molar-refractivity contribution in [3.63, 3.8) is 0 Å². The van der Waals surface area contributed by atoms with E-state index in [9.17, 15) is 0 Å². The van der Waals surface area contributed by atoms with Gasteiger partial charge in [0.2, 0.25) is 11.9 Å². The van der Waals surface area contributed by atoms with Crippen molar-refractivity contribution in [1.29, 1.82) is 0 Å². The van der Waals surface area contributed by atoms with Crippen LogP contribution in [0.1, 0.15) is 0 Å². The van der Waals surface area contributed by atoms with Crippen LogP contribution in [0, 0.1) is 0 Å². The Balaban J connectivity index is 0.752. The molecule has 0 aliphatic rings. The van der Waals surface area contributed by atoms with Crippen LogP contribution in [0.4, 0.5) is 0 Å². The summed E-state index contributed by atoms with van der Waals surface area (Å²) in [6, 6.07) is 99.2. The first-order chi connectivity index (χ1) is 42.6. The Bertz CT molecular complexity index is 5800. The van der Waals surface area contributed by atoms with Crippen LogP contribution < -0.4 is 0 Å². The Kier molecular flexibility index (Phi) is 10.7. The molecule has 6 aromatic heterocycles. The summed E-state index contributed by atoms with van der Waals surface area (Å²) in [4.78, 5) is 26.9. The van der Waals surface area contributed by atoms with Crippen molar-refractivity contribution in [2.24, 2.45) is 0 Å². The van der Waals surface area contributed by atoms with Crippen molar-refractivity contribution < 1.29 is 0 Å². The van der Waals surface area contributed by atoms with E-state index >= 15 is 0 Å². The molecular formula is C77H46N8S. The highest BCUT2D eigenvalue weighted by Crippen LogP contribution is 2.44. The third-order valence-corrected chi connectivity index (χ3v) is 18.3. The highest BCUT2D eigenvalue weighted by Gasteiger charge is 2.23. The summed E-state index contributed by atoms with van der Waals surface area (Å²) in [6.45, 7) is 0. The normalized spacial score (nSPS) is 12.0. The average Bonchev–Trinajstić information content (AvgIpc) is 1.70. The van der Waals surface area contributed by atoms with Gasteiger partial charge >= 0.3 is 0 Å². The standard InChI is InChI=1S/C77H46N8S/c1-3-19-47(20-4-1)74-80-75(82-77(81-74)85-67-35-15-8-27-55(67)59-39-40-60-58-30-11-16-36-70(58)86-73(60)72(59)85)53-24-18-22-49(44-53)48-21-17-23-52(43-48)71-61-31-7-12-32-64(61)78-76(79-71)84-66-34-14-10-29-57(66)63-46-51(38-42-69(63)84)50-37-41-68-62(45-50)56-28-9-13-33-65(56)83(68)54-25-5-2-6-26-54/h1-46H. The van der Waals surface area contributed by atoms with Gasteiger partial charge in [-0.1, -0.05) is 200 Å². The lowest BCUT2D eigenvalue weighted by molar-refractivity contribution is 0.955. The second-order valence-electron chi connectivity index (χ2n) is 22.0. The molecule has 12 aromatic carbocycles. The number of nitrogens with zero attached hydrogens (tertiary/aromatic N) is 8. The van der Waals surface area contributed by atoms with Crippen LogP contribution in [0.5, 0.6) is 0 Å². The fourth-order valence-corrected chi connectivity index (χ4v) is 14.4. The first-order valence-electron chi connectivity index (χ1n) is 28.9. The molecular weight excluding hydrogens is 1070 g/mol. The van der Waals surface area contributed by atoms with E-state index in [0.29, 0.717) is 23.5 Å². The predicted molar refractivity (Wildman–Crippen MR) is 356 cm³/mol. The van der Waals surface area contributed by atoms with Gasteiger partial charge in [0, 0.05) is 75.6 Å². The van der Waals surface area contributed by atoms with Gasteiger partial charge < -0.3 is 4.57 Å². The maximum atomic E-state index is 5.55. The number of hydrogen-bond donors (Lipinski definition) is 0. The van der Waals surface area contributed by atoms with E-state index in [0.717, 1.165) is 105 Å². The Hall–Kier alpha value is -11.4. The number of fused-ring (bicyclic) bond motifs is 14. The Morgan fingerprint density at radius 1 is 0.256 bits per heavy atom. The van der Waals surface area contributed by atoms with E-state index in [1.165, 1.54) is 42.0 Å². The van der Waals surface area contributed by atoms with Crippen LogP contribution in [0.2, 0.25) is 0 Å². The fourth-order valence-electron chi connectivity index (χ4n) is 13.2. The van der Waals surface area contributed by atoms with Crippen molar-refractivity contribution in [2.45, 2.75) is 0 Å². The number of hydrogen-bond acceptors (Lipinski definition) is 6. The van der Waals surface area contributed by atoms with Gasteiger partial charge in [-0.25, -0.2) is 15.0 Å². The highest BCUT2D eigenvalue weighted by atomic mass is 32.1. The van der Waals surface area contributed by atoms with Gasteiger partial charge in [-0.3, -0.25) is 9.13 Å². The van der Waals surface area contributed by atoms with Crippen molar-refractivity contribution in [3.05, 3.63) is 279 Å². The van der Waals surface area contributed by atoms with E-state index in [2.05, 4.69) is 275 Å².